The maximum absolute atomic E-state index is 13.9. The predicted molar refractivity (Wildman–Crippen MR) is 93.0 cm³/mol. The van der Waals surface area contributed by atoms with Crippen LogP contribution in [-0.4, -0.2) is 33.7 Å². The van der Waals surface area contributed by atoms with E-state index in [1.54, 1.807) is 16.6 Å². The summed E-state index contributed by atoms with van der Waals surface area (Å²) < 4.78 is 68.9. The first kappa shape index (κ1) is 19.8. The zero-order chi connectivity index (χ0) is 20.9. The molecule has 10 heteroatoms. The van der Waals surface area contributed by atoms with Crippen molar-refractivity contribution in [2.24, 2.45) is 7.05 Å². The number of carbonyl (C=O) groups excluding carboxylic acids is 1. The number of hydrogen-bond acceptors (Lipinski definition) is 3. The van der Waals surface area contributed by atoms with E-state index in [1.807, 2.05) is 0 Å². The second-order valence-corrected chi connectivity index (χ2v) is 7.39. The molecule has 2 aliphatic heterocycles. The molecule has 1 aromatic carbocycles. The third-order valence-corrected chi connectivity index (χ3v) is 5.70. The number of halogens is 5. The maximum atomic E-state index is 13.9. The molecule has 0 bridgehead atoms. The van der Waals surface area contributed by atoms with E-state index in [4.69, 9.17) is 0 Å². The van der Waals surface area contributed by atoms with Crippen molar-refractivity contribution >= 4 is 5.91 Å². The highest BCUT2D eigenvalue weighted by atomic mass is 19.4. The van der Waals surface area contributed by atoms with E-state index in [0.717, 1.165) is 23.4 Å². The number of hydrogen-bond donors (Lipinski definition) is 1. The molecule has 2 aromatic rings. The molecule has 0 saturated carbocycles. The predicted octanol–water partition coefficient (Wildman–Crippen LogP) is 3.34. The average Bonchev–Trinajstić information content (AvgIpc) is 3.27. The highest BCUT2D eigenvalue weighted by Gasteiger charge is 2.41. The van der Waals surface area contributed by atoms with Gasteiger partial charge in [-0.25, -0.2) is 8.78 Å². The van der Waals surface area contributed by atoms with Gasteiger partial charge < -0.3 is 10.2 Å². The summed E-state index contributed by atoms with van der Waals surface area (Å²) in [5.74, 6) is -4.26. The summed E-state index contributed by atoms with van der Waals surface area (Å²) in [6, 6.07) is 1.72. The van der Waals surface area contributed by atoms with Crippen LogP contribution in [0.4, 0.5) is 22.0 Å². The molecule has 29 heavy (non-hydrogen) atoms. The molecule has 5 nitrogen and oxygen atoms in total. The molecule has 0 radical (unpaired) electrons. The molecule has 1 N–H and O–H groups in total. The molecule has 1 aromatic heterocycles. The number of amides is 1. The fourth-order valence-corrected chi connectivity index (χ4v) is 4.22. The van der Waals surface area contributed by atoms with Crippen molar-refractivity contribution in [3.63, 3.8) is 0 Å². The van der Waals surface area contributed by atoms with Gasteiger partial charge in [0.15, 0.2) is 17.3 Å². The van der Waals surface area contributed by atoms with Gasteiger partial charge in [-0.15, -0.1) is 0 Å². The number of alkyl halides is 3. The van der Waals surface area contributed by atoms with Crippen LogP contribution in [0.5, 0.6) is 0 Å². The third-order valence-electron chi connectivity index (χ3n) is 5.70. The number of nitrogens with zero attached hydrogens (tertiary/aromatic N) is 3. The van der Waals surface area contributed by atoms with Crippen LogP contribution in [-0.2, 0) is 26.3 Å². The van der Waals surface area contributed by atoms with Crippen LogP contribution >= 0.6 is 0 Å². The number of nitrogens with one attached hydrogen (secondary N) is 1. The Bertz CT molecular complexity index is 960. The fraction of sp³-hybridized carbons (Fsp3) is 0.474. The third kappa shape index (κ3) is 3.39. The quantitative estimate of drug-likeness (QED) is 0.767. The normalized spacial score (nSPS) is 17.7. The van der Waals surface area contributed by atoms with Crippen molar-refractivity contribution in [3.05, 3.63) is 51.8 Å². The lowest BCUT2D eigenvalue weighted by Crippen LogP contribution is -2.39. The number of fused-ring (bicyclic) bond motifs is 1. The number of carbonyl (C=O) groups is 1. The lowest BCUT2D eigenvalue weighted by molar-refractivity contribution is -0.141. The minimum atomic E-state index is -4.99. The Morgan fingerprint density at radius 3 is 2.52 bits per heavy atom. The van der Waals surface area contributed by atoms with Crippen LogP contribution in [0, 0.1) is 11.6 Å². The highest BCUT2D eigenvalue weighted by Crippen LogP contribution is 2.41. The molecular formula is C19H19F5N4O. The van der Waals surface area contributed by atoms with Gasteiger partial charge in [0.25, 0.3) is 5.91 Å². The smallest absolute Gasteiger partial charge is 0.337 e. The van der Waals surface area contributed by atoms with Gasteiger partial charge in [0.05, 0.1) is 11.3 Å². The van der Waals surface area contributed by atoms with E-state index < -0.39 is 29.3 Å². The SMILES string of the molecule is Cn1nc(C(=O)N2CCC(c3ccc(F)c(F)c3C(F)(F)F)CC2)c2c1CNC2. The molecule has 1 amide bonds. The molecule has 3 heterocycles. The van der Waals surface area contributed by atoms with Gasteiger partial charge in [0.1, 0.15) is 0 Å². The summed E-state index contributed by atoms with van der Waals surface area (Å²) in [6.45, 7) is 1.62. The first-order valence-corrected chi connectivity index (χ1v) is 9.28. The Morgan fingerprint density at radius 2 is 1.86 bits per heavy atom. The van der Waals surface area contributed by atoms with E-state index >= 15 is 0 Å². The molecule has 1 saturated heterocycles. The van der Waals surface area contributed by atoms with Gasteiger partial charge in [0, 0.05) is 38.8 Å². The molecule has 0 atom stereocenters. The number of likely N-dealkylation sites (tertiary alicyclic amines) is 1. The van der Waals surface area contributed by atoms with Crippen LogP contribution in [0.1, 0.15) is 51.6 Å². The molecule has 0 aliphatic carbocycles. The Balaban J connectivity index is 1.53. The lowest BCUT2D eigenvalue weighted by atomic mass is 9.86. The van der Waals surface area contributed by atoms with E-state index in [-0.39, 0.29) is 37.4 Å². The van der Waals surface area contributed by atoms with Gasteiger partial charge >= 0.3 is 6.18 Å². The molecule has 156 valence electrons. The number of benzene rings is 1. The Labute approximate surface area is 163 Å². The number of rotatable bonds is 2. The number of aromatic nitrogens is 2. The second kappa shape index (κ2) is 7.08. The van der Waals surface area contributed by atoms with Gasteiger partial charge in [-0.3, -0.25) is 9.48 Å². The second-order valence-electron chi connectivity index (χ2n) is 7.39. The Kier molecular flexibility index (Phi) is 4.84. The first-order chi connectivity index (χ1) is 13.7. The summed E-state index contributed by atoms with van der Waals surface area (Å²) in [5, 5.41) is 7.46. The van der Waals surface area contributed by atoms with Crippen LogP contribution in [0.15, 0.2) is 12.1 Å². The maximum Gasteiger partial charge on any atom is 0.419 e. The lowest BCUT2D eigenvalue weighted by Gasteiger charge is -2.33. The zero-order valence-corrected chi connectivity index (χ0v) is 15.6. The largest absolute Gasteiger partial charge is 0.419 e. The van der Waals surface area contributed by atoms with Gasteiger partial charge in [0.2, 0.25) is 0 Å². The molecular weight excluding hydrogens is 395 g/mol. The first-order valence-electron chi connectivity index (χ1n) is 9.28. The minimum absolute atomic E-state index is 0.221. The fourth-order valence-electron chi connectivity index (χ4n) is 4.22. The van der Waals surface area contributed by atoms with Crippen molar-refractivity contribution in [1.29, 1.82) is 0 Å². The minimum Gasteiger partial charge on any atom is -0.337 e. The van der Waals surface area contributed by atoms with Crippen molar-refractivity contribution < 1.29 is 26.7 Å². The molecule has 0 spiro atoms. The topological polar surface area (TPSA) is 50.2 Å². The highest BCUT2D eigenvalue weighted by molar-refractivity contribution is 5.94. The van der Waals surface area contributed by atoms with Gasteiger partial charge in [-0.1, -0.05) is 6.07 Å². The number of aryl methyl sites for hydroxylation is 1. The standard InChI is InChI=1S/C19H19F5N4O/c1-27-14-9-25-8-12(14)17(26-27)18(29)28-6-4-10(5-7-28)11-2-3-13(20)16(21)15(11)19(22,23)24/h2-3,10,25H,4-9H2,1H3. The van der Waals surface area contributed by atoms with E-state index in [9.17, 15) is 26.7 Å². The summed E-state index contributed by atoms with van der Waals surface area (Å²) in [4.78, 5) is 14.4. The molecule has 1 fully saturated rings. The summed E-state index contributed by atoms with van der Waals surface area (Å²) in [6.07, 6.45) is -4.53. The van der Waals surface area contributed by atoms with Crippen LogP contribution in [0.3, 0.4) is 0 Å². The van der Waals surface area contributed by atoms with Crippen LogP contribution in [0.2, 0.25) is 0 Å². The van der Waals surface area contributed by atoms with Crippen molar-refractivity contribution in [2.75, 3.05) is 13.1 Å². The van der Waals surface area contributed by atoms with Crippen molar-refractivity contribution in [2.45, 2.75) is 38.0 Å². The molecule has 0 unspecified atom stereocenters. The van der Waals surface area contributed by atoms with E-state index in [1.165, 1.54) is 0 Å². The summed E-state index contributed by atoms with van der Waals surface area (Å²) in [7, 11) is 1.76. The summed E-state index contributed by atoms with van der Waals surface area (Å²) in [5.41, 5.74) is 0.344. The average molecular weight is 414 g/mol. The monoisotopic (exact) mass is 414 g/mol. The van der Waals surface area contributed by atoms with Crippen molar-refractivity contribution in [1.82, 2.24) is 20.0 Å². The van der Waals surface area contributed by atoms with Crippen LogP contribution < -0.4 is 5.32 Å². The summed E-state index contributed by atoms with van der Waals surface area (Å²) >= 11 is 0. The van der Waals surface area contributed by atoms with E-state index in [2.05, 4.69) is 10.4 Å². The zero-order valence-electron chi connectivity index (χ0n) is 15.6. The Hall–Kier alpha value is -2.49. The van der Waals surface area contributed by atoms with Gasteiger partial charge in [-0.05, 0) is 30.4 Å². The molecule has 2 aliphatic rings. The number of piperidine rings is 1. The molecule has 4 rings (SSSR count). The van der Waals surface area contributed by atoms with Crippen molar-refractivity contribution in [3.8, 4) is 0 Å². The van der Waals surface area contributed by atoms with Gasteiger partial charge in [-0.2, -0.15) is 18.3 Å². The van der Waals surface area contributed by atoms with E-state index in [0.29, 0.717) is 18.8 Å². The van der Waals surface area contributed by atoms with Crippen LogP contribution in [0.25, 0.3) is 0 Å². The Morgan fingerprint density at radius 1 is 1.17 bits per heavy atom.